The SMILES string of the molecule is CCNC(=NCc1ccnc2ccccc12)NCCC1=CCOCC1. The predicted molar refractivity (Wildman–Crippen MR) is 103 cm³/mol. The van der Waals surface area contributed by atoms with Gasteiger partial charge in [0.1, 0.15) is 0 Å². The highest BCUT2D eigenvalue weighted by molar-refractivity contribution is 5.83. The molecule has 5 heteroatoms. The Hall–Kier alpha value is -2.40. The maximum atomic E-state index is 5.35. The van der Waals surface area contributed by atoms with Crippen LogP contribution in [0.5, 0.6) is 0 Å². The van der Waals surface area contributed by atoms with Crippen molar-refractivity contribution < 1.29 is 4.74 Å². The summed E-state index contributed by atoms with van der Waals surface area (Å²) in [6.07, 6.45) is 6.12. The molecule has 0 aliphatic carbocycles. The average Bonchev–Trinajstić information content (AvgIpc) is 2.67. The van der Waals surface area contributed by atoms with Gasteiger partial charge in [-0.25, -0.2) is 4.99 Å². The summed E-state index contributed by atoms with van der Waals surface area (Å²) in [6.45, 7) is 6.04. The number of hydrogen-bond donors (Lipinski definition) is 2. The number of ether oxygens (including phenoxy) is 1. The highest BCUT2D eigenvalue weighted by atomic mass is 16.5. The van der Waals surface area contributed by atoms with Crippen LogP contribution in [0.25, 0.3) is 10.9 Å². The summed E-state index contributed by atoms with van der Waals surface area (Å²) in [7, 11) is 0. The molecule has 0 radical (unpaired) electrons. The minimum Gasteiger partial charge on any atom is -0.377 e. The molecule has 0 fully saturated rings. The second-order valence-corrected chi connectivity index (χ2v) is 6.05. The van der Waals surface area contributed by atoms with Gasteiger partial charge in [0.25, 0.3) is 0 Å². The molecule has 1 aromatic carbocycles. The molecule has 0 amide bonds. The minimum atomic E-state index is 0.634. The van der Waals surface area contributed by atoms with E-state index in [1.54, 1.807) is 0 Å². The van der Waals surface area contributed by atoms with Gasteiger partial charge in [-0.15, -0.1) is 0 Å². The van der Waals surface area contributed by atoms with Crippen LogP contribution in [-0.4, -0.2) is 37.2 Å². The fourth-order valence-electron chi connectivity index (χ4n) is 2.93. The van der Waals surface area contributed by atoms with E-state index in [1.807, 2.05) is 30.5 Å². The normalized spacial score (nSPS) is 15.1. The smallest absolute Gasteiger partial charge is 0.191 e. The van der Waals surface area contributed by atoms with Crippen LogP contribution in [0.1, 0.15) is 25.3 Å². The number of nitrogens with one attached hydrogen (secondary N) is 2. The Labute approximate surface area is 149 Å². The van der Waals surface area contributed by atoms with Gasteiger partial charge in [0, 0.05) is 24.7 Å². The Morgan fingerprint density at radius 1 is 1.24 bits per heavy atom. The molecule has 3 rings (SSSR count). The first-order chi connectivity index (χ1) is 12.4. The van der Waals surface area contributed by atoms with Crippen molar-refractivity contribution in [3.05, 3.63) is 53.7 Å². The van der Waals surface area contributed by atoms with E-state index in [1.165, 1.54) is 11.1 Å². The van der Waals surface area contributed by atoms with E-state index >= 15 is 0 Å². The number of pyridine rings is 1. The van der Waals surface area contributed by atoms with Crippen molar-refractivity contribution in [1.82, 2.24) is 15.6 Å². The van der Waals surface area contributed by atoms with Gasteiger partial charge >= 0.3 is 0 Å². The zero-order valence-electron chi connectivity index (χ0n) is 14.8. The van der Waals surface area contributed by atoms with E-state index in [0.717, 1.165) is 56.0 Å². The van der Waals surface area contributed by atoms with Crippen LogP contribution in [0.3, 0.4) is 0 Å². The number of aromatic nitrogens is 1. The van der Waals surface area contributed by atoms with E-state index in [4.69, 9.17) is 9.73 Å². The molecule has 25 heavy (non-hydrogen) atoms. The molecule has 2 heterocycles. The van der Waals surface area contributed by atoms with E-state index in [2.05, 4.69) is 34.7 Å². The van der Waals surface area contributed by atoms with Crippen LogP contribution in [0.4, 0.5) is 0 Å². The molecule has 132 valence electrons. The van der Waals surface area contributed by atoms with Crippen LogP contribution in [0.2, 0.25) is 0 Å². The monoisotopic (exact) mass is 338 g/mol. The molecular formula is C20H26N4O. The number of para-hydroxylation sites is 1. The Morgan fingerprint density at radius 3 is 3.00 bits per heavy atom. The third kappa shape index (κ3) is 5.03. The van der Waals surface area contributed by atoms with Gasteiger partial charge in [-0.05, 0) is 37.5 Å². The predicted octanol–water partition coefficient (Wildman–Crippen LogP) is 3.03. The van der Waals surface area contributed by atoms with Gasteiger partial charge in [0.05, 0.1) is 25.3 Å². The summed E-state index contributed by atoms with van der Waals surface area (Å²) in [5.41, 5.74) is 3.67. The third-order valence-corrected chi connectivity index (χ3v) is 4.29. The fraction of sp³-hybridized carbons (Fsp3) is 0.400. The lowest BCUT2D eigenvalue weighted by Crippen LogP contribution is -2.38. The van der Waals surface area contributed by atoms with Crippen molar-refractivity contribution in [2.45, 2.75) is 26.3 Å². The molecule has 5 nitrogen and oxygen atoms in total. The van der Waals surface area contributed by atoms with Gasteiger partial charge in [-0.2, -0.15) is 0 Å². The van der Waals surface area contributed by atoms with Crippen LogP contribution < -0.4 is 10.6 Å². The fourth-order valence-corrected chi connectivity index (χ4v) is 2.93. The van der Waals surface area contributed by atoms with E-state index < -0.39 is 0 Å². The molecule has 0 unspecified atom stereocenters. The van der Waals surface area contributed by atoms with Crippen molar-refractivity contribution in [3.8, 4) is 0 Å². The molecular weight excluding hydrogens is 312 g/mol. The first kappa shape index (κ1) is 17.4. The molecule has 0 saturated carbocycles. The highest BCUT2D eigenvalue weighted by Gasteiger charge is 2.05. The quantitative estimate of drug-likeness (QED) is 0.483. The zero-order valence-corrected chi connectivity index (χ0v) is 14.8. The second kappa shape index (κ2) is 9.18. The molecule has 2 N–H and O–H groups in total. The molecule has 0 saturated heterocycles. The third-order valence-electron chi connectivity index (χ3n) is 4.29. The number of nitrogens with zero attached hydrogens (tertiary/aromatic N) is 2. The average molecular weight is 338 g/mol. The van der Waals surface area contributed by atoms with Gasteiger partial charge in [0.2, 0.25) is 0 Å². The molecule has 1 aliphatic rings. The Bertz CT molecular complexity index is 749. The number of benzene rings is 1. The van der Waals surface area contributed by atoms with Crippen molar-refractivity contribution in [2.24, 2.45) is 4.99 Å². The second-order valence-electron chi connectivity index (χ2n) is 6.05. The Balaban J connectivity index is 1.62. The summed E-state index contributed by atoms with van der Waals surface area (Å²) in [4.78, 5) is 9.15. The van der Waals surface area contributed by atoms with Gasteiger partial charge in [-0.1, -0.05) is 29.8 Å². The van der Waals surface area contributed by atoms with Crippen LogP contribution in [-0.2, 0) is 11.3 Å². The minimum absolute atomic E-state index is 0.634. The van der Waals surface area contributed by atoms with E-state index in [0.29, 0.717) is 6.54 Å². The lowest BCUT2D eigenvalue weighted by atomic mass is 10.1. The zero-order chi connectivity index (χ0) is 17.3. The number of guanidine groups is 1. The standard InChI is InChI=1S/C20H26N4O/c1-2-21-20(23-11-7-16-9-13-25-14-10-16)24-15-17-8-12-22-19-6-4-3-5-18(17)19/h3-6,8-9,12H,2,7,10-11,13-15H2,1H3,(H2,21,23,24). The molecule has 1 aliphatic heterocycles. The van der Waals surface area contributed by atoms with Crippen LogP contribution in [0, 0.1) is 0 Å². The number of rotatable bonds is 6. The lowest BCUT2D eigenvalue weighted by molar-refractivity contribution is 0.153. The van der Waals surface area contributed by atoms with E-state index in [9.17, 15) is 0 Å². The summed E-state index contributed by atoms with van der Waals surface area (Å²) in [5.74, 6) is 0.857. The van der Waals surface area contributed by atoms with Crippen molar-refractivity contribution in [3.63, 3.8) is 0 Å². The topological polar surface area (TPSA) is 58.5 Å². The van der Waals surface area contributed by atoms with E-state index in [-0.39, 0.29) is 0 Å². The summed E-state index contributed by atoms with van der Waals surface area (Å²) < 4.78 is 5.35. The first-order valence-electron chi connectivity index (χ1n) is 8.97. The number of aliphatic imine (C=N–C) groups is 1. The molecule has 0 atom stereocenters. The van der Waals surface area contributed by atoms with Gasteiger partial charge in [-0.3, -0.25) is 4.98 Å². The molecule has 0 spiro atoms. The largest absolute Gasteiger partial charge is 0.377 e. The highest BCUT2D eigenvalue weighted by Crippen LogP contribution is 2.16. The van der Waals surface area contributed by atoms with Crippen LogP contribution >= 0.6 is 0 Å². The summed E-state index contributed by atoms with van der Waals surface area (Å²) >= 11 is 0. The van der Waals surface area contributed by atoms with Crippen LogP contribution in [0.15, 0.2) is 53.2 Å². The molecule has 1 aromatic heterocycles. The maximum Gasteiger partial charge on any atom is 0.191 e. The molecule has 0 bridgehead atoms. The summed E-state index contributed by atoms with van der Waals surface area (Å²) in [5, 5.41) is 7.91. The number of fused-ring (bicyclic) bond motifs is 1. The number of hydrogen-bond acceptors (Lipinski definition) is 3. The van der Waals surface area contributed by atoms with Gasteiger partial charge in [0.15, 0.2) is 5.96 Å². The lowest BCUT2D eigenvalue weighted by Gasteiger charge is -2.15. The maximum absolute atomic E-state index is 5.35. The first-order valence-corrected chi connectivity index (χ1v) is 8.97. The van der Waals surface area contributed by atoms with Crippen molar-refractivity contribution >= 4 is 16.9 Å². The Morgan fingerprint density at radius 2 is 2.16 bits per heavy atom. The van der Waals surface area contributed by atoms with Gasteiger partial charge < -0.3 is 15.4 Å². The van der Waals surface area contributed by atoms with Crippen molar-refractivity contribution in [1.29, 1.82) is 0 Å². The van der Waals surface area contributed by atoms with Crippen molar-refractivity contribution in [2.75, 3.05) is 26.3 Å². The Kier molecular flexibility index (Phi) is 6.40. The molecule has 2 aromatic rings. The summed E-state index contributed by atoms with van der Waals surface area (Å²) in [6, 6.07) is 10.2.